The van der Waals surface area contributed by atoms with E-state index in [1.807, 2.05) is 30.3 Å². The Morgan fingerprint density at radius 2 is 2.26 bits per heavy atom. The van der Waals surface area contributed by atoms with E-state index in [2.05, 4.69) is 27.0 Å². The van der Waals surface area contributed by atoms with E-state index in [-0.39, 0.29) is 5.25 Å². The molecule has 3 rings (SSSR count). The van der Waals surface area contributed by atoms with E-state index >= 15 is 0 Å². The summed E-state index contributed by atoms with van der Waals surface area (Å²) in [7, 11) is -1.01. The zero-order valence-corrected chi connectivity index (χ0v) is 17.7. The van der Waals surface area contributed by atoms with Gasteiger partial charge in [0, 0.05) is 35.2 Å². The summed E-state index contributed by atoms with van der Waals surface area (Å²) in [6.45, 7) is 8.87. The predicted octanol–water partition coefficient (Wildman–Crippen LogP) is 4.05. The molecule has 1 aliphatic rings. The van der Waals surface area contributed by atoms with Crippen molar-refractivity contribution in [3.05, 3.63) is 40.8 Å². The first kappa shape index (κ1) is 20.3. The summed E-state index contributed by atoms with van der Waals surface area (Å²) in [6, 6.07) is 5.66. The summed E-state index contributed by atoms with van der Waals surface area (Å²) in [5, 5.41) is 4.04. The number of benzene rings is 1. The molecular formula is C18H22ClN5OS2. The van der Waals surface area contributed by atoms with Crippen LogP contribution in [0.2, 0.25) is 5.02 Å². The highest BCUT2D eigenvalue weighted by Gasteiger charge is 2.25. The fraction of sp³-hybridized carbons (Fsp3) is 0.389. The number of anilines is 1. The predicted molar refractivity (Wildman–Crippen MR) is 114 cm³/mol. The molecule has 1 aromatic heterocycles. The number of thioether (sulfide) groups is 1. The van der Waals surface area contributed by atoms with Crippen LogP contribution in [0.4, 0.5) is 11.5 Å². The van der Waals surface area contributed by atoms with E-state index in [4.69, 9.17) is 11.6 Å². The Labute approximate surface area is 171 Å². The van der Waals surface area contributed by atoms with Gasteiger partial charge >= 0.3 is 0 Å². The summed E-state index contributed by atoms with van der Waals surface area (Å²) < 4.78 is 14.5. The van der Waals surface area contributed by atoms with Gasteiger partial charge in [-0.25, -0.2) is 18.5 Å². The average molecular weight is 424 g/mol. The number of hydrogen-bond donors (Lipinski definition) is 1. The topological polar surface area (TPSA) is 70.5 Å². The number of fused-ring (bicyclic) bond motifs is 1. The van der Waals surface area contributed by atoms with Crippen LogP contribution in [0.25, 0.3) is 0 Å². The average Bonchev–Trinajstić information content (AvgIpc) is 2.67. The summed E-state index contributed by atoms with van der Waals surface area (Å²) in [5.74, 6) is 1.38. The Bertz CT molecular complexity index is 862. The van der Waals surface area contributed by atoms with Crippen molar-refractivity contribution >= 4 is 52.6 Å². The number of nitrogens with one attached hydrogen (secondary N) is 1. The Hall–Kier alpha value is -1.48. The molecule has 0 saturated carbocycles. The quantitative estimate of drug-likeness (QED) is 0.413. The molecule has 1 aliphatic heterocycles. The van der Waals surface area contributed by atoms with Crippen LogP contribution in [0.5, 0.6) is 0 Å². The van der Waals surface area contributed by atoms with Crippen LogP contribution in [-0.4, -0.2) is 42.9 Å². The number of aromatic nitrogens is 2. The number of hydrogen-bond acceptors (Lipinski definition) is 6. The molecule has 0 spiro atoms. The second-order valence-corrected chi connectivity index (χ2v) is 9.73. The van der Waals surface area contributed by atoms with Crippen LogP contribution in [0.15, 0.2) is 34.4 Å². The zero-order chi connectivity index (χ0) is 19.4. The molecule has 0 fully saturated rings. The molecule has 0 amide bonds. The molecule has 9 heteroatoms. The molecule has 1 aromatic carbocycles. The maximum absolute atomic E-state index is 12.5. The third kappa shape index (κ3) is 4.68. The first-order valence-electron chi connectivity index (χ1n) is 8.61. The number of halogens is 1. The Morgan fingerprint density at radius 1 is 1.44 bits per heavy atom. The van der Waals surface area contributed by atoms with Gasteiger partial charge in [-0.05, 0) is 32.7 Å². The SMILES string of the molecule is C=Nc1c(Cl)cccc1SCNc1ncnc2c1CN(S(=O)C(C)C)CC2. The van der Waals surface area contributed by atoms with Gasteiger partial charge < -0.3 is 5.32 Å². The molecule has 0 saturated heterocycles. The summed E-state index contributed by atoms with van der Waals surface area (Å²) in [6.07, 6.45) is 2.36. The normalized spacial score (nSPS) is 15.4. The largest absolute Gasteiger partial charge is 0.360 e. The van der Waals surface area contributed by atoms with Crippen LogP contribution in [0.1, 0.15) is 25.1 Å². The van der Waals surface area contributed by atoms with Crippen LogP contribution in [-0.2, 0) is 24.0 Å². The van der Waals surface area contributed by atoms with E-state index in [0.29, 0.717) is 23.1 Å². The van der Waals surface area contributed by atoms with Crippen molar-refractivity contribution in [3.8, 4) is 0 Å². The van der Waals surface area contributed by atoms with Gasteiger partial charge in [0.05, 0.1) is 33.3 Å². The second kappa shape index (κ2) is 9.14. The lowest BCUT2D eigenvalue weighted by Gasteiger charge is -2.29. The molecular weight excluding hydrogens is 402 g/mol. The molecule has 1 unspecified atom stereocenters. The van der Waals surface area contributed by atoms with Gasteiger partial charge in [0.1, 0.15) is 12.1 Å². The monoisotopic (exact) mass is 423 g/mol. The van der Waals surface area contributed by atoms with Gasteiger partial charge in [-0.3, -0.25) is 4.99 Å². The van der Waals surface area contributed by atoms with Crippen molar-refractivity contribution in [2.24, 2.45) is 4.99 Å². The molecule has 1 N–H and O–H groups in total. The van der Waals surface area contributed by atoms with E-state index in [1.54, 1.807) is 24.2 Å². The van der Waals surface area contributed by atoms with E-state index in [0.717, 1.165) is 34.9 Å². The molecule has 1 atom stereocenters. The van der Waals surface area contributed by atoms with Crippen molar-refractivity contribution in [2.75, 3.05) is 17.7 Å². The molecule has 0 bridgehead atoms. The fourth-order valence-corrected chi connectivity index (χ4v) is 5.13. The lowest BCUT2D eigenvalue weighted by Crippen LogP contribution is -2.36. The summed E-state index contributed by atoms with van der Waals surface area (Å²) >= 11 is 7.75. The standard InChI is InChI=1S/C18H22ClN5OS2/c1-12(2)27(25)24-8-7-15-13(9-24)18(22-10-21-15)23-11-26-16-6-4-5-14(19)17(16)20-3/h4-6,10,12H,3,7-9,11H2,1-2H3,(H,21,22,23). The van der Waals surface area contributed by atoms with E-state index in [1.165, 1.54) is 0 Å². The fourth-order valence-electron chi connectivity index (χ4n) is 2.87. The molecule has 0 aliphatic carbocycles. The minimum atomic E-state index is -1.01. The van der Waals surface area contributed by atoms with Gasteiger partial charge in [-0.1, -0.05) is 17.7 Å². The van der Waals surface area contributed by atoms with Crippen molar-refractivity contribution in [1.82, 2.24) is 14.3 Å². The Balaban J connectivity index is 1.71. The highest BCUT2D eigenvalue weighted by molar-refractivity contribution is 7.99. The van der Waals surface area contributed by atoms with Crippen LogP contribution < -0.4 is 5.32 Å². The molecule has 6 nitrogen and oxygen atoms in total. The van der Waals surface area contributed by atoms with Crippen molar-refractivity contribution in [3.63, 3.8) is 0 Å². The lowest BCUT2D eigenvalue weighted by atomic mass is 10.1. The highest BCUT2D eigenvalue weighted by Crippen LogP contribution is 2.35. The molecule has 2 aromatic rings. The molecule has 0 radical (unpaired) electrons. The van der Waals surface area contributed by atoms with Gasteiger partial charge in [0.2, 0.25) is 0 Å². The third-order valence-electron chi connectivity index (χ3n) is 4.20. The lowest BCUT2D eigenvalue weighted by molar-refractivity contribution is 0.413. The second-order valence-electron chi connectivity index (χ2n) is 6.30. The van der Waals surface area contributed by atoms with E-state index < -0.39 is 11.0 Å². The molecule has 2 heterocycles. The van der Waals surface area contributed by atoms with Crippen molar-refractivity contribution in [2.45, 2.75) is 37.0 Å². The number of nitrogens with zero attached hydrogens (tertiary/aromatic N) is 4. The Kier molecular flexibility index (Phi) is 6.86. The summed E-state index contributed by atoms with van der Waals surface area (Å²) in [5.41, 5.74) is 2.73. The minimum Gasteiger partial charge on any atom is -0.360 e. The number of para-hydroxylation sites is 1. The highest BCUT2D eigenvalue weighted by atomic mass is 35.5. The maximum atomic E-state index is 12.5. The number of aliphatic imine (C=N–C) groups is 1. The number of rotatable bonds is 7. The third-order valence-corrected chi connectivity index (χ3v) is 7.06. The van der Waals surface area contributed by atoms with Gasteiger partial charge in [0.15, 0.2) is 0 Å². The van der Waals surface area contributed by atoms with E-state index in [9.17, 15) is 4.21 Å². The van der Waals surface area contributed by atoms with Gasteiger partial charge in [0.25, 0.3) is 0 Å². The molecule has 27 heavy (non-hydrogen) atoms. The first-order valence-corrected chi connectivity index (χ1v) is 11.1. The minimum absolute atomic E-state index is 0.0933. The maximum Gasteiger partial charge on any atom is 0.134 e. The molecule has 144 valence electrons. The van der Waals surface area contributed by atoms with Crippen molar-refractivity contribution in [1.29, 1.82) is 0 Å². The van der Waals surface area contributed by atoms with Crippen LogP contribution in [0.3, 0.4) is 0 Å². The Morgan fingerprint density at radius 3 is 3.00 bits per heavy atom. The smallest absolute Gasteiger partial charge is 0.134 e. The summed E-state index contributed by atoms with van der Waals surface area (Å²) in [4.78, 5) is 13.8. The van der Waals surface area contributed by atoms with Crippen LogP contribution in [0, 0.1) is 0 Å². The zero-order valence-electron chi connectivity index (χ0n) is 15.3. The van der Waals surface area contributed by atoms with Crippen molar-refractivity contribution < 1.29 is 4.21 Å². The van der Waals surface area contributed by atoms with Crippen LogP contribution >= 0.6 is 23.4 Å². The van der Waals surface area contributed by atoms with Gasteiger partial charge in [-0.2, -0.15) is 0 Å². The van der Waals surface area contributed by atoms with Gasteiger partial charge in [-0.15, -0.1) is 11.8 Å². The first-order chi connectivity index (χ1) is 13.0.